The van der Waals surface area contributed by atoms with Crippen LogP contribution in [0.15, 0.2) is 54.6 Å². The molecule has 2 amide bonds. The Kier molecular flexibility index (Phi) is 4.71. The highest BCUT2D eigenvalue weighted by Crippen LogP contribution is 2.22. The van der Waals surface area contributed by atoms with Crippen LogP contribution in [-0.4, -0.2) is 53.8 Å². The van der Waals surface area contributed by atoms with Crippen LogP contribution in [0.3, 0.4) is 0 Å². The predicted octanol–water partition coefficient (Wildman–Crippen LogP) is 3.23. The van der Waals surface area contributed by atoms with E-state index in [9.17, 15) is 9.59 Å². The third-order valence-corrected chi connectivity index (χ3v) is 5.33. The molecule has 26 heavy (non-hydrogen) atoms. The largest absolute Gasteiger partial charge is 0.322 e. The molecule has 5 nitrogen and oxygen atoms in total. The molecule has 5 rings (SSSR count). The van der Waals surface area contributed by atoms with Gasteiger partial charge < -0.3 is 15.1 Å². The molecule has 3 heterocycles. The van der Waals surface area contributed by atoms with Crippen LogP contribution in [-0.2, 0) is 0 Å². The lowest BCUT2D eigenvalue weighted by Gasteiger charge is -2.31. The van der Waals surface area contributed by atoms with Crippen LogP contribution in [0.1, 0.15) is 28.8 Å². The van der Waals surface area contributed by atoms with E-state index < -0.39 is 0 Å². The summed E-state index contributed by atoms with van der Waals surface area (Å²) in [7, 11) is 0. The Labute approximate surface area is 153 Å². The van der Waals surface area contributed by atoms with E-state index in [1.807, 2.05) is 35.2 Å². The number of benzene rings is 2. The summed E-state index contributed by atoms with van der Waals surface area (Å²) in [6, 6.07) is 16.6. The number of hydrogen-bond donors (Lipinski definition) is 1. The van der Waals surface area contributed by atoms with Crippen LogP contribution in [0.2, 0.25) is 0 Å². The van der Waals surface area contributed by atoms with Crippen LogP contribution in [0.5, 0.6) is 0 Å². The van der Waals surface area contributed by atoms with Gasteiger partial charge in [-0.05, 0) is 25.0 Å². The molecule has 2 bridgehead atoms. The molecular weight excluding hydrogens is 326 g/mol. The summed E-state index contributed by atoms with van der Waals surface area (Å²) in [5, 5.41) is 2.99. The number of urea groups is 1. The maximum atomic E-state index is 12.8. The number of carbonyl (C=O) groups is 2. The Morgan fingerprint density at radius 2 is 1.58 bits per heavy atom. The average Bonchev–Trinajstić information content (AvgIpc) is 3.02. The third kappa shape index (κ3) is 3.48. The van der Waals surface area contributed by atoms with Gasteiger partial charge in [-0.2, -0.15) is 0 Å². The normalized spacial score (nSPS) is 21.9. The van der Waals surface area contributed by atoms with Gasteiger partial charge in [-0.25, -0.2) is 4.79 Å². The minimum absolute atomic E-state index is 0.0390. The fourth-order valence-electron chi connectivity index (χ4n) is 3.84. The van der Waals surface area contributed by atoms with E-state index in [0.717, 1.165) is 39.0 Å². The molecule has 3 aliphatic rings. The zero-order valence-corrected chi connectivity index (χ0v) is 14.7. The lowest BCUT2D eigenvalue weighted by atomic mass is 10.0. The summed E-state index contributed by atoms with van der Waals surface area (Å²) in [5.74, 6) is -0.0390. The number of ketones is 1. The van der Waals surface area contributed by atoms with Crippen molar-refractivity contribution >= 4 is 17.5 Å². The van der Waals surface area contributed by atoms with Gasteiger partial charge >= 0.3 is 6.03 Å². The first-order valence-electron chi connectivity index (χ1n) is 9.20. The Morgan fingerprint density at radius 1 is 0.846 bits per heavy atom. The monoisotopic (exact) mass is 349 g/mol. The van der Waals surface area contributed by atoms with Crippen molar-refractivity contribution in [3.63, 3.8) is 0 Å². The van der Waals surface area contributed by atoms with Crippen LogP contribution >= 0.6 is 0 Å². The van der Waals surface area contributed by atoms with Crippen molar-refractivity contribution in [2.75, 3.05) is 31.5 Å². The maximum Gasteiger partial charge on any atom is 0.322 e. The lowest BCUT2D eigenvalue weighted by Crippen LogP contribution is -2.43. The van der Waals surface area contributed by atoms with Crippen LogP contribution < -0.4 is 5.32 Å². The number of carbonyl (C=O) groups excluding carboxylic acids is 2. The van der Waals surface area contributed by atoms with Gasteiger partial charge in [-0.1, -0.05) is 42.5 Å². The Hall–Kier alpha value is -2.66. The topological polar surface area (TPSA) is 52.7 Å². The first-order chi connectivity index (χ1) is 12.7. The molecule has 3 aliphatic heterocycles. The number of piperidine rings is 1. The van der Waals surface area contributed by atoms with Gasteiger partial charge in [0.05, 0.1) is 0 Å². The van der Waals surface area contributed by atoms with Crippen molar-refractivity contribution in [3.8, 4) is 0 Å². The number of amides is 2. The standard InChI is InChI=1S/C21H23N3O2/c25-20(16-5-2-1-3-6-16)17-7-4-8-18(15-17)22-21(26)24-14-13-23-11-9-19(24)10-12-23/h1-8,15,19H,9-14H2,(H,22,26). The molecule has 0 aromatic heterocycles. The van der Waals surface area contributed by atoms with Crippen molar-refractivity contribution < 1.29 is 9.59 Å². The van der Waals surface area contributed by atoms with E-state index in [4.69, 9.17) is 0 Å². The smallest absolute Gasteiger partial charge is 0.320 e. The van der Waals surface area contributed by atoms with E-state index in [0.29, 0.717) is 22.9 Å². The molecule has 0 radical (unpaired) electrons. The van der Waals surface area contributed by atoms with Gasteiger partial charge in [-0.15, -0.1) is 0 Å². The second kappa shape index (κ2) is 7.30. The third-order valence-electron chi connectivity index (χ3n) is 5.33. The summed E-state index contributed by atoms with van der Waals surface area (Å²) in [6.45, 7) is 3.86. The highest BCUT2D eigenvalue weighted by atomic mass is 16.2. The molecule has 134 valence electrons. The van der Waals surface area contributed by atoms with Crippen LogP contribution in [0.4, 0.5) is 10.5 Å². The van der Waals surface area contributed by atoms with E-state index >= 15 is 0 Å². The molecule has 5 heteroatoms. The number of nitrogens with one attached hydrogen (secondary N) is 1. The number of nitrogens with zero attached hydrogens (tertiary/aromatic N) is 2. The average molecular weight is 349 g/mol. The summed E-state index contributed by atoms with van der Waals surface area (Å²) in [6.07, 6.45) is 2.08. The van der Waals surface area contributed by atoms with Crippen molar-refractivity contribution in [2.45, 2.75) is 18.9 Å². The summed E-state index contributed by atoms with van der Waals surface area (Å²) in [4.78, 5) is 29.8. The fraction of sp³-hybridized carbons (Fsp3) is 0.333. The van der Waals surface area contributed by atoms with Gasteiger partial charge in [-0.3, -0.25) is 4.79 Å². The second-order valence-electron chi connectivity index (χ2n) is 6.97. The van der Waals surface area contributed by atoms with E-state index in [1.54, 1.807) is 24.3 Å². The summed E-state index contributed by atoms with van der Waals surface area (Å²) in [5.41, 5.74) is 1.89. The number of rotatable bonds is 3. The number of hydrogen-bond acceptors (Lipinski definition) is 3. The second-order valence-corrected chi connectivity index (χ2v) is 6.97. The highest BCUT2D eigenvalue weighted by Gasteiger charge is 2.31. The van der Waals surface area contributed by atoms with Crippen molar-refractivity contribution in [1.82, 2.24) is 9.80 Å². The summed E-state index contributed by atoms with van der Waals surface area (Å²) >= 11 is 0. The Morgan fingerprint density at radius 3 is 2.35 bits per heavy atom. The molecule has 2 aromatic rings. The van der Waals surface area contributed by atoms with Gasteiger partial charge in [0.15, 0.2) is 5.78 Å². The molecule has 1 N–H and O–H groups in total. The number of fused-ring (bicyclic) bond motifs is 4. The molecule has 2 aromatic carbocycles. The van der Waals surface area contributed by atoms with Gasteiger partial charge in [0.2, 0.25) is 0 Å². The zero-order valence-electron chi connectivity index (χ0n) is 14.7. The summed E-state index contributed by atoms with van der Waals surface area (Å²) < 4.78 is 0. The quantitative estimate of drug-likeness (QED) is 0.866. The maximum absolute atomic E-state index is 12.8. The molecule has 0 spiro atoms. The van der Waals surface area contributed by atoms with Gasteiger partial charge in [0.25, 0.3) is 0 Å². The van der Waals surface area contributed by atoms with E-state index in [2.05, 4.69) is 10.2 Å². The van der Waals surface area contributed by atoms with Gasteiger partial charge in [0, 0.05) is 49.0 Å². The molecule has 3 saturated heterocycles. The first kappa shape index (κ1) is 16.8. The van der Waals surface area contributed by atoms with Crippen molar-refractivity contribution in [3.05, 3.63) is 65.7 Å². The first-order valence-corrected chi connectivity index (χ1v) is 9.20. The fourth-order valence-corrected chi connectivity index (χ4v) is 3.84. The molecule has 0 atom stereocenters. The molecule has 0 saturated carbocycles. The number of anilines is 1. The SMILES string of the molecule is O=C(c1ccccc1)c1cccc(NC(=O)N2CCN3CCC2CC3)c1. The van der Waals surface area contributed by atoms with Gasteiger partial charge in [0.1, 0.15) is 0 Å². The molecular formula is C21H23N3O2. The molecule has 0 aliphatic carbocycles. The minimum Gasteiger partial charge on any atom is -0.320 e. The zero-order chi connectivity index (χ0) is 17.9. The van der Waals surface area contributed by atoms with Crippen molar-refractivity contribution in [1.29, 1.82) is 0 Å². The molecule has 3 fully saturated rings. The van der Waals surface area contributed by atoms with Crippen LogP contribution in [0.25, 0.3) is 0 Å². The predicted molar refractivity (Wildman–Crippen MR) is 102 cm³/mol. The van der Waals surface area contributed by atoms with Crippen LogP contribution in [0, 0.1) is 0 Å². The Bertz CT molecular complexity index is 798. The minimum atomic E-state index is -0.0666. The molecule has 0 unspecified atom stereocenters. The van der Waals surface area contributed by atoms with E-state index in [-0.39, 0.29) is 11.8 Å². The van der Waals surface area contributed by atoms with E-state index in [1.165, 1.54) is 0 Å². The Balaban J connectivity index is 1.48. The van der Waals surface area contributed by atoms with Crippen molar-refractivity contribution in [2.24, 2.45) is 0 Å². The highest BCUT2D eigenvalue weighted by molar-refractivity contribution is 6.09. The lowest BCUT2D eigenvalue weighted by molar-refractivity contribution is 0.103.